The van der Waals surface area contributed by atoms with Crippen molar-refractivity contribution in [2.24, 2.45) is 0 Å². The first kappa shape index (κ1) is 17.4. The van der Waals surface area contributed by atoms with Gasteiger partial charge < -0.3 is 25.5 Å². The summed E-state index contributed by atoms with van der Waals surface area (Å²) in [5.74, 6) is 1.46. The summed E-state index contributed by atoms with van der Waals surface area (Å²) in [5.41, 5.74) is 8.30. The first-order valence-electron chi connectivity index (χ1n) is 8.77. The zero-order valence-electron chi connectivity index (χ0n) is 15.0. The van der Waals surface area contributed by atoms with Gasteiger partial charge in [-0.05, 0) is 31.2 Å². The number of anilines is 2. The summed E-state index contributed by atoms with van der Waals surface area (Å²) >= 11 is 0. The minimum absolute atomic E-state index is 0.218. The third kappa shape index (κ3) is 3.60. The molecular weight excluding hydrogens is 346 g/mol. The van der Waals surface area contributed by atoms with Crippen LogP contribution in [0.4, 0.5) is 11.6 Å². The largest absolute Gasteiger partial charge is 0.414 e. The predicted molar refractivity (Wildman–Crippen MR) is 101 cm³/mol. The molecule has 0 radical (unpaired) electrons. The van der Waals surface area contributed by atoms with E-state index in [2.05, 4.69) is 25.5 Å². The van der Waals surface area contributed by atoms with Crippen molar-refractivity contribution in [2.45, 2.75) is 19.1 Å². The Morgan fingerprint density at radius 1 is 1.26 bits per heavy atom. The number of nitrogens with two attached hydrogens (primary N) is 1. The van der Waals surface area contributed by atoms with Crippen LogP contribution in [0.2, 0.25) is 0 Å². The molecule has 3 heterocycles. The first-order valence-corrected chi connectivity index (χ1v) is 8.77. The van der Waals surface area contributed by atoms with E-state index in [1.165, 1.54) is 0 Å². The molecule has 0 bridgehead atoms. The summed E-state index contributed by atoms with van der Waals surface area (Å²) in [5, 5.41) is 21.0. The number of aliphatic hydroxyl groups excluding tert-OH is 1. The first-order chi connectivity index (χ1) is 13.1. The summed E-state index contributed by atoms with van der Waals surface area (Å²) in [6.45, 7) is 2.03. The van der Waals surface area contributed by atoms with Gasteiger partial charge in [-0.1, -0.05) is 12.1 Å². The fraction of sp³-hybridized carbons (Fsp3) is 0.333. The molecule has 3 aromatic rings. The molecular formula is C18H21N7O2. The summed E-state index contributed by atoms with van der Waals surface area (Å²) in [6.07, 6.45) is 1.94. The Morgan fingerprint density at radius 2 is 2.04 bits per heavy atom. The maximum Gasteiger partial charge on any atom is 0.270 e. The van der Waals surface area contributed by atoms with Crippen molar-refractivity contribution in [2.75, 3.05) is 30.8 Å². The fourth-order valence-electron chi connectivity index (χ4n) is 3.05. The topological polar surface area (TPSA) is 126 Å². The van der Waals surface area contributed by atoms with Crippen LogP contribution in [0.25, 0.3) is 23.0 Å². The Morgan fingerprint density at radius 3 is 2.74 bits per heavy atom. The number of hydrogen-bond donors (Lipinski definition) is 3. The van der Waals surface area contributed by atoms with Crippen LogP contribution in [0, 0.1) is 0 Å². The molecule has 1 aromatic carbocycles. The van der Waals surface area contributed by atoms with Gasteiger partial charge >= 0.3 is 0 Å². The van der Waals surface area contributed by atoms with E-state index in [0.717, 1.165) is 17.7 Å². The number of aromatic nitrogens is 4. The zero-order chi connectivity index (χ0) is 18.8. The summed E-state index contributed by atoms with van der Waals surface area (Å²) in [4.78, 5) is 10.7. The minimum Gasteiger partial charge on any atom is -0.414 e. The Labute approximate surface area is 156 Å². The van der Waals surface area contributed by atoms with E-state index in [9.17, 15) is 5.11 Å². The molecule has 1 fully saturated rings. The van der Waals surface area contributed by atoms with Crippen LogP contribution in [-0.4, -0.2) is 51.5 Å². The van der Waals surface area contributed by atoms with Crippen LogP contribution in [0.5, 0.6) is 0 Å². The van der Waals surface area contributed by atoms with Crippen LogP contribution in [0.1, 0.15) is 12.0 Å². The maximum absolute atomic E-state index is 9.73. The number of benzene rings is 1. The lowest BCUT2D eigenvalue weighted by atomic mass is 10.1. The number of aliphatic hydroxyl groups is 1. The number of nitrogens with zero attached hydrogens (tertiary/aromatic N) is 5. The fourth-order valence-corrected chi connectivity index (χ4v) is 3.05. The van der Waals surface area contributed by atoms with Gasteiger partial charge in [-0.3, -0.25) is 0 Å². The van der Waals surface area contributed by atoms with Crippen molar-refractivity contribution in [3.8, 4) is 23.0 Å². The van der Waals surface area contributed by atoms with E-state index >= 15 is 0 Å². The van der Waals surface area contributed by atoms with Gasteiger partial charge in [-0.2, -0.15) is 0 Å². The lowest BCUT2D eigenvalue weighted by molar-refractivity contribution is 0.198. The molecule has 0 unspecified atom stereocenters. The van der Waals surface area contributed by atoms with Crippen molar-refractivity contribution >= 4 is 11.6 Å². The summed E-state index contributed by atoms with van der Waals surface area (Å²) < 4.78 is 5.79. The lowest BCUT2D eigenvalue weighted by Crippen LogP contribution is -2.22. The zero-order valence-corrected chi connectivity index (χ0v) is 15.0. The van der Waals surface area contributed by atoms with Gasteiger partial charge in [0.25, 0.3) is 5.89 Å². The van der Waals surface area contributed by atoms with Crippen molar-refractivity contribution in [1.82, 2.24) is 25.5 Å². The second-order valence-corrected chi connectivity index (χ2v) is 6.49. The van der Waals surface area contributed by atoms with Gasteiger partial charge in [0.05, 0.1) is 12.3 Å². The normalized spacial score (nSPS) is 16.8. The van der Waals surface area contributed by atoms with Gasteiger partial charge in [0.2, 0.25) is 5.89 Å². The number of nitrogen functional groups attached to an aromatic ring is 1. The Bertz CT molecular complexity index is 926. The SMILES string of the molecule is CNCc1ccc(-c2nnc(-c3nc(N4CC[C@@H](O)C4)cnc3N)o2)cc1. The molecule has 27 heavy (non-hydrogen) atoms. The smallest absolute Gasteiger partial charge is 0.270 e. The van der Waals surface area contributed by atoms with E-state index in [1.54, 1.807) is 6.20 Å². The van der Waals surface area contributed by atoms with E-state index in [4.69, 9.17) is 10.2 Å². The van der Waals surface area contributed by atoms with Crippen LogP contribution in [0.15, 0.2) is 34.9 Å². The molecule has 4 rings (SSSR count). The van der Waals surface area contributed by atoms with Gasteiger partial charge in [-0.25, -0.2) is 9.97 Å². The molecule has 140 valence electrons. The number of β-amino-alcohol motifs (C(OH)–C–C–N with tert-alkyl or cyclic N) is 1. The maximum atomic E-state index is 9.73. The van der Waals surface area contributed by atoms with E-state index in [1.807, 2.05) is 36.2 Å². The van der Waals surface area contributed by atoms with E-state index < -0.39 is 0 Å². The molecule has 0 aliphatic carbocycles. The van der Waals surface area contributed by atoms with E-state index in [0.29, 0.717) is 36.9 Å². The lowest BCUT2D eigenvalue weighted by Gasteiger charge is -2.16. The van der Waals surface area contributed by atoms with Crippen LogP contribution >= 0.6 is 0 Å². The number of hydrogen-bond acceptors (Lipinski definition) is 9. The molecule has 9 nitrogen and oxygen atoms in total. The van der Waals surface area contributed by atoms with Gasteiger partial charge in [0.15, 0.2) is 11.5 Å². The summed E-state index contributed by atoms with van der Waals surface area (Å²) in [7, 11) is 1.90. The molecule has 1 saturated heterocycles. The molecule has 0 saturated carbocycles. The van der Waals surface area contributed by atoms with Crippen molar-refractivity contribution in [1.29, 1.82) is 0 Å². The van der Waals surface area contributed by atoms with Crippen LogP contribution < -0.4 is 16.0 Å². The van der Waals surface area contributed by atoms with E-state index in [-0.39, 0.29) is 17.8 Å². The van der Waals surface area contributed by atoms with Crippen molar-refractivity contribution in [3.05, 3.63) is 36.0 Å². The van der Waals surface area contributed by atoms with Gasteiger partial charge in [0, 0.05) is 25.2 Å². The predicted octanol–water partition coefficient (Wildman–Crippen LogP) is 1.07. The monoisotopic (exact) mass is 367 g/mol. The highest BCUT2D eigenvalue weighted by Gasteiger charge is 2.24. The Hall–Kier alpha value is -3.04. The van der Waals surface area contributed by atoms with Crippen LogP contribution in [-0.2, 0) is 6.54 Å². The molecule has 0 spiro atoms. The minimum atomic E-state index is -0.353. The summed E-state index contributed by atoms with van der Waals surface area (Å²) in [6, 6.07) is 7.87. The molecule has 1 aliphatic heterocycles. The Balaban J connectivity index is 1.61. The molecule has 9 heteroatoms. The average Bonchev–Trinajstić information content (AvgIpc) is 3.33. The van der Waals surface area contributed by atoms with Crippen molar-refractivity contribution < 1.29 is 9.52 Å². The number of rotatable bonds is 5. The molecule has 0 amide bonds. The molecule has 4 N–H and O–H groups in total. The highest BCUT2D eigenvalue weighted by atomic mass is 16.4. The second kappa shape index (κ2) is 7.29. The molecule has 1 aliphatic rings. The van der Waals surface area contributed by atoms with Gasteiger partial charge in [0.1, 0.15) is 5.82 Å². The standard InChI is InChI=1S/C18H21N7O2/c1-20-8-11-2-4-12(5-3-11)17-23-24-18(27-17)15-16(19)21-9-14(22-15)25-7-6-13(26)10-25/h2-5,9,13,20,26H,6-8,10H2,1H3,(H2,19,21)/t13-/m1/s1. The Kier molecular flexibility index (Phi) is 4.69. The third-order valence-corrected chi connectivity index (χ3v) is 4.48. The molecule has 1 atom stereocenters. The highest BCUT2D eigenvalue weighted by Crippen LogP contribution is 2.28. The second-order valence-electron chi connectivity index (χ2n) is 6.49. The third-order valence-electron chi connectivity index (χ3n) is 4.48. The van der Waals surface area contributed by atoms with Gasteiger partial charge in [-0.15, -0.1) is 10.2 Å². The molecule has 2 aromatic heterocycles. The van der Waals surface area contributed by atoms with Crippen LogP contribution in [0.3, 0.4) is 0 Å². The van der Waals surface area contributed by atoms with Crippen molar-refractivity contribution in [3.63, 3.8) is 0 Å². The average molecular weight is 367 g/mol. The highest BCUT2D eigenvalue weighted by molar-refractivity contribution is 5.65. The quantitative estimate of drug-likeness (QED) is 0.607. The number of nitrogens with one attached hydrogen (secondary N) is 1.